The van der Waals surface area contributed by atoms with E-state index in [4.69, 9.17) is 5.73 Å². The summed E-state index contributed by atoms with van der Waals surface area (Å²) in [5.74, 6) is -1.05. The Balaban J connectivity index is 1.44. The van der Waals surface area contributed by atoms with E-state index in [1.54, 1.807) is 6.92 Å². The molecule has 4 aliphatic rings. The zero-order valence-corrected chi connectivity index (χ0v) is 28.2. The Hall–Kier alpha value is -1.73. The number of nitrogens with two attached hydrogens (primary N) is 1. The summed E-state index contributed by atoms with van der Waals surface area (Å²) in [6, 6.07) is -1.39. The normalized spacial score (nSPS) is 36.8. The average molecular weight is 639 g/mol. The number of alkyl halides is 2. The van der Waals surface area contributed by atoms with E-state index in [2.05, 4.69) is 56.8 Å². The Labute approximate surface area is 269 Å². The second-order valence-corrected chi connectivity index (χ2v) is 14.5. The van der Waals surface area contributed by atoms with Gasteiger partial charge in [-0.15, -0.1) is 0 Å². The van der Waals surface area contributed by atoms with E-state index < -0.39 is 42.6 Å². The number of unbranched alkanes of at least 4 members (excludes halogenated alkanes) is 1. The summed E-state index contributed by atoms with van der Waals surface area (Å²) in [6.07, 6.45) is 4.59. The van der Waals surface area contributed by atoms with Gasteiger partial charge in [-0.05, 0) is 71.0 Å². The minimum absolute atomic E-state index is 0.0562. The lowest BCUT2D eigenvalue weighted by Gasteiger charge is -2.46. The Morgan fingerprint density at radius 3 is 2.42 bits per heavy atom. The second kappa shape index (κ2) is 16.4. The van der Waals surface area contributed by atoms with Gasteiger partial charge in [0.25, 0.3) is 0 Å². The van der Waals surface area contributed by atoms with E-state index >= 15 is 4.39 Å². The molecule has 2 amide bonds. The highest BCUT2D eigenvalue weighted by molar-refractivity contribution is 5.81. The highest BCUT2D eigenvalue weighted by atomic mass is 19.1. The lowest BCUT2D eigenvalue weighted by atomic mass is 9.73. The highest BCUT2D eigenvalue weighted by Crippen LogP contribution is 2.36. The van der Waals surface area contributed by atoms with Crippen LogP contribution < -0.4 is 27.0 Å². The number of carbonyl (C=O) groups excluding carboxylic acids is 2. The van der Waals surface area contributed by atoms with Crippen LogP contribution in [0.3, 0.4) is 0 Å². The molecule has 4 aliphatic heterocycles. The predicted molar refractivity (Wildman–Crippen MR) is 176 cm³/mol. The van der Waals surface area contributed by atoms with Crippen LogP contribution in [-0.4, -0.2) is 123 Å². The Kier molecular flexibility index (Phi) is 13.2. The van der Waals surface area contributed by atoms with Gasteiger partial charge in [0, 0.05) is 44.4 Å². The number of nitrogens with zero attached hydrogens (tertiary/aromatic N) is 3. The van der Waals surface area contributed by atoms with Crippen LogP contribution >= 0.6 is 0 Å². The molecule has 0 spiro atoms. The molecule has 0 aromatic rings. The molecule has 0 radical (unpaired) electrons. The molecule has 258 valence electrons. The molecule has 9 unspecified atom stereocenters. The predicted octanol–water partition coefficient (Wildman–Crippen LogP) is 1.98. The van der Waals surface area contributed by atoms with E-state index in [0.717, 1.165) is 38.8 Å². The maximum absolute atomic E-state index is 15.6. The van der Waals surface area contributed by atoms with Gasteiger partial charge >= 0.3 is 0 Å². The maximum atomic E-state index is 15.6. The van der Waals surface area contributed by atoms with E-state index in [-0.39, 0.29) is 41.8 Å². The van der Waals surface area contributed by atoms with Crippen molar-refractivity contribution >= 4 is 18.0 Å². The lowest BCUT2D eigenvalue weighted by molar-refractivity contribution is -0.129. The van der Waals surface area contributed by atoms with E-state index in [1.165, 1.54) is 6.21 Å². The van der Waals surface area contributed by atoms with Crippen molar-refractivity contribution in [2.24, 2.45) is 28.0 Å². The van der Waals surface area contributed by atoms with Crippen LogP contribution in [0.4, 0.5) is 8.78 Å². The highest BCUT2D eigenvalue weighted by Gasteiger charge is 2.44. The van der Waals surface area contributed by atoms with Gasteiger partial charge in [-0.25, -0.2) is 8.78 Å². The first-order chi connectivity index (χ1) is 21.4. The van der Waals surface area contributed by atoms with Crippen LogP contribution in [0.2, 0.25) is 0 Å². The molecule has 6 N–H and O–H groups in total. The van der Waals surface area contributed by atoms with Crippen molar-refractivity contribution in [2.45, 2.75) is 128 Å². The third-order valence-corrected chi connectivity index (χ3v) is 11.1. The van der Waals surface area contributed by atoms with Crippen molar-refractivity contribution in [3.63, 3.8) is 0 Å². The van der Waals surface area contributed by atoms with Gasteiger partial charge in [-0.2, -0.15) is 0 Å². The minimum Gasteiger partial charge on any atom is -0.351 e. The van der Waals surface area contributed by atoms with Gasteiger partial charge in [0.1, 0.15) is 12.3 Å². The Bertz CT molecular complexity index is 992. The molecule has 0 saturated carbocycles. The molecule has 10 nitrogen and oxygen atoms in total. The number of halogens is 2. The number of hydrogen-bond donors (Lipinski definition) is 5. The van der Waals surface area contributed by atoms with Crippen molar-refractivity contribution in [3.8, 4) is 0 Å². The van der Waals surface area contributed by atoms with Crippen molar-refractivity contribution in [1.29, 1.82) is 0 Å². The quantitative estimate of drug-likeness (QED) is 0.248. The first kappa shape index (κ1) is 36.1. The summed E-state index contributed by atoms with van der Waals surface area (Å²) in [5, 5.41) is 13.0. The molecule has 0 bridgehead atoms. The van der Waals surface area contributed by atoms with Crippen molar-refractivity contribution in [1.82, 2.24) is 31.1 Å². The fraction of sp³-hybridized carbons (Fsp3) is 0.909. The van der Waals surface area contributed by atoms with Crippen molar-refractivity contribution in [3.05, 3.63) is 0 Å². The topological polar surface area (TPSA) is 127 Å². The molecular weight excluding hydrogens is 578 g/mol. The number of likely N-dealkylation sites (tertiary alicyclic amines) is 2. The largest absolute Gasteiger partial charge is 0.351 e. The molecular formula is C33H60F2N8O2. The van der Waals surface area contributed by atoms with Gasteiger partial charge < -0.3 is 26.6 Å². The van der Waals surface area contributed by atoms with Gasteiger partial charge in [-0.1, -0.05) is 33.6 Å². The average Bonchev–Trinajstić information content (AvgIpc) is 3.00. The number of carbonyl (C=O) groups is 2. The third-order valence-electron chi connectivity index (χ3n) is 11.1. The Morgan fingerprint density at radius 2 is 1.78 bits per heavy atom. The van der Waals surface area contributed by atoms with Gasteiger partial charge in [-0.3, -0.25) is 24.8 Å². The SMILES string of the molecule is CCCCC(C)(CC)C1CCC(F)/C=N\C(C)C(C(=O)NC2CNCC(F)C2N2CCC(C(=O)NC3CN(C)C3)CC2)C(N)N1. The lowest BCUT2D eigenvalue weighted by Crippen LogP contribution is -2.68. The van der Waals surface area contributed by atoms with E-state index in [1.807, 2.05) is 7.05 Å². The molecule has 4 rings (SSSR count). The summed E-state index contributed by atoms with van der Waals surface area (Å²) in [6.45, 7) is 11.9. The molecule has 3 saturated heterocycles. The molecule has 45 heavy (non-hydrogen) atoms. The van der Waals surface area contributed by atoms with E-state index in [0.29, 0.717) is 45.3 Å². The number of aliphatic imine (C=N–C) groups is 1. The molecule has 0 aliphatic carbocycles. The minimum atomic E-state index is -1.19. The molecule has 9 atom stereocenters. The number of amides is 2. The number of rotatable bonds is 10. The van der Waals surface area contributed by atoms with Crippen LogP contribution in [0.25, 0.3) is 0 Å². The third kappa shape index (κ3) is 9.21. The fourth-order valence-electron chi connectivity index (χ4n) is 7.89. The summed E-state index contributed by atoms with van der Waals surface area (Å²) < 4.78 is 30.5. The smallest absolute Gasteiger partial charge is 0.228 e. The van der Waals surface area contributed by atoms with Crippen molar-refractivity contribution in [2.75, 3.05) is 46.3 Å². The first-order valence-corrected chi connectivity index (χ1v) is 17.5. The molecule has 0 aromatic carbocycles. The number of piperidine rings is 2. The molecule has 0 aromatic heterocycles. The summed E-state index contributed by atoms with van der Waals surface area (Å²) in [5.41, 5.74) is 6.70. The zero-order valence-electron chi connectivity index (χ0n) is 28.2. The zero-order chi connectivity index (χ0) is 32.7. The van der Waals surface area contributed by atoms with E-state index in [9.17, 15) is 14.0 Å². The fourth-order valence-corrected chi connectivity index (χ4v) is 7.89. The van der Waals surface area contributed by atoms with Crippen LogP contribution in [0.5, 0.6) is 0 Å². The maximum Gasteiger partial charge on any atom is 0.228 e. The van der Waals surface area contributed by atoms with Gasteiger partial charge in [0.05, 0.1) is 36.3 Å². The summed E-state index contributed by atoms with van der Waals surface area (Å²) in [7, 11) is 2.04. The number of likely N-dealkylation sites (N-methyl/N-ethyl adjacent to an activating group) is 1. The Morgan fingerprint density at radius 1 is 1.07 bits per heavy atom. The van der Waals surface area contributed by atoms with Crippen LogP contribution in [-0.2, 0) is 9.59 Å². The van der Waals surface area contributed by atoms with Crippen molar-refractivity contribution < 1.29 is 18.4 Å². The first-order valence-electron chi connectivity index (χ1n) is 17.5. The van der Waals surface area contributed by atoms with Crippen LogP contribution in [0.15, 0.2) is 4.99 Å². The van der Waals surface area contributed by atoms with Gasteiger partial charge in [0.2, 0.25) is 11.8 Å². The van der Waals surface area contributed by atoms with Crippen LogP contribution in [0, 0.1) is 17.3 Å². The molecule has 12 heteroatoms. The molecule has 4 heterocycles. The standard InChI is InChI=1S/C33H60F2N8O2/c1-6-8-13-33(4,7-2)27-10-9-23(34)16-38-21(3)28(30(36)41-27)32(45)40-26-18-37-17-25(35)29(26)43-14-11-22(12-15-43)31(44)39-24-19-42(5)20-24/h16,21-30,37,41H,6-15,17-20,36H2,1-5H3,(H,39,44)(H,40,45)/b38-16-. The number of nitrogens with one attached hydrogen (secondary N) is 4. The summed E-state index contributed by atoms with van der Waals surface area (Å²) in [4.78, 5) is 35.6. The summed E-state index contributed by atoms with van der Waals surface area (Å²) >= 11 is 0. The monoisotopic (exact) mass is 638 g/mol. The number of hydrogen-bond acceptors (Lipinski definition) is 8. The molecule has 3 fully saturated rings. The van der Waals surface area contributed by atoms with Crippen LogP contribution in [0.1, 0.15) is 79.1 Å². The van der Waals surface area contributed by atoms with Gasteiger partial charge in [0.15, 0.2) is 0 Å². The second-order valence-electron chi connectivity index (χ2n) is 14.5.